The van der Waals surface area contributed by atoms with Gasteiger partial charge in [0.2, 0.25) is 0 Å². The number of hydrogen-bond donors (Lipinski definition) is 1. The molecule has 150 valence electrons. The molecule has 1 fully saturated rings. The van der Waals surface area contributed by atoms with Crippen LogP contribution in [-0.4, -0.2) is 37.3 Å². The van der Waals surface area contributed by atoms with Crippen LogP contribution in [-0.2, 0) is 12.4 Å². The Balaban J connectivity index is 0.00000338. The quantitative estimate of drug-likeness (QED) is 0.706. The summed E-state index contributed by atoms with van der Waals surface area (Å²) in [6.07, 6.45) is -15.4. The lowest BCUT2D eigenvalue weighted by molar-refractivity contribution is -0.191. The van der Waals surface area contributed by atoms with Crippen LogP contribution in [0.15, 0.2) is 18.2 Å². The molecule has 0 unspecified atom stereocenters. The molecular weight excluding hydrogens is 403 g/mol. The maximum absolute atomic E-state index is 13.5. The van der Waals surface area contributed by atoms with E-state index in [1.165, 1.54) is 0 Å². The number of hydrogen-bond acceptors (Lipinski definition) is 2. The van der Waals surface area contributed by atoms with Gasteiger partial charge in [-0.2, -0.15) is 39.5 Å². The van der Waals surface area contributed by atoms with Crippen LogP contribution >= 0.6 is 12.4 Å². The van der Waals surface area contributed by atoms with E-state index in [9.17, 15) is 39.5 Å². The van der Waals surface area contributed by atoms with Gasteiger partial charge in [0.1, 0.15) is 6.04 Å². The fourth-order valence-electron chi connectivity index (χ4n) is 2.74. The molecule has 1 aromatic carbocycles. The Labute approximate surface area is 148 Å². The van der Waals surface area contributed by atoms with Crippen molar-refractivity contribution in [1.82, 2.24) is 10.2 Å². The Morgan fingerprint density at radius 3 is 1.81 bits per heavy atom. The van der Waals surface area contributed by atoms with Gasteiger partial charge in [0.15, 0.2) is 0 Å². The summed E-state index contributed by atoms with van der Waals surface area (Å²) in [4.78, 5) is 0.710. The first-order valence-corrected chi connectivity index (χ1v) is 7.11. The molecule has 1 aliphatic rings. The Bertz CT molecular complexity index is 604. The summed E-state index contributed by atoms with van der Waals surface area (Å²) in [5.41, 5.74) is -4.71. The average Bonchev–Trinajstić information content (AvgIpc) is 2.45. The minimum absolute atomic E-state index is 0. The van der Waals surface area contributed by atoms with Crippen LogP contribution in [0.2, 0.25) is 0 Å². The third kappa shape index (κ3) is 5.17. The van der Waals surface area contributed by atoms with Crippen LogP contribution in [0.3, 0.4) is 0 Å². The molecule has 2 rings (SSSR count). The molecule has 1 saturated heterocycles. The Morgan fingerprint density at radius 2 is 1.38 bits per heavy atom. The minimum Gasteiger partial charge on any atom is -0.314 e. The first-order chi connectivity index (χ1) is 11.3. The molecule has 0 amide bonds. The topological polar surface area (TPSA) is 15.3 Å². The summed E-state index contributed by atoms with van der Waals surface area (Å²) in [6, 6.07) is -2.63. The first kappa shape index (κ1) is 22.8. The van der Waals surface area contributed by atoms with Crippen molar-refractivity contribution in [2.24, 2.45) is 0 Å². The summed E-state index contributed by atoms with van der Waals surface area (Å²) >= 11 is 0. The fraction of sp³-hybridized carbons (Fsp3) is 0.571. The van der Waals surface area contributed by atoms with Crippen molar-refractivity contribution in [2.75, 3.05) is 26.2 Å². The molecule has 1 N–H and O–H groups in total. The number of piperazine rings is 1. The van der Waals surface area contributed by atoms with E-state index < -0.39 is 41.3 Å². The normalized spacial score (nSPS) is 18.3. The van der Waals surface area contributed by atoms with Gasteiger partial charge in [-0.15, -0.1) is 12.4 Å². The van der Waals surface area contributed by atoms with Crippen LogP contribution in [0.4, 0.5) is 39.5 Å². The van der Waals surface area contributed by atoms with Gasteiger partial charge in [0.05, 0.1) is 11.1 Å². The van der Waals surface area contributed by atoms with E-state index in [4.69, 9.17) is 0 Å². The van der Waals surface area contributed by atoms with E-state index in [0.717, 1.165) is 0 Å². The standard InChI is InChI=1S/C14H13F9N2.ClH/c15-12(16,17)8-1-2-10(13(18,19)20)9(7-8)11(14(21,22)23)25-5-3-24-4-6-25;/h1-2,7,11,24H,3-6H2;1H/t11-;/m1./s1. The second-order valence-corrected chi connectivity index (χ2v) is 5.53. The zero-order valence-electron chi connectivity index (χ0n) is 12.9. The van der Waals surface area contributed by atoms with Crippen molar-refractivity contribution in [3.8, 4) is 0 Å². The van der Waals surface area contributed by atoms with E-state index >= 15 is 0 Å². The van der Waals surface area contributed by atoms with Gasteiger partial charge in [0, 0.05) is 26.2 Å². The number of benzene rings is 1. The molecule has 1 aliphatic heterocycles. The van der Waals surface area contributed by atoms with E-state index in [2.05, 4.69) is 5.32 Å². The number of nitrogens with zero attached hydrogens (tertiary/aromatic N) is 1. The average molecular weight is 417 g/mol. The summed E-state index contributed by atoms with van der Waals surface area (Å²) in [7, 11) is 0. The monoisotopic (exact) mass is 416 g/mol. The Morgan fingerprint density at radius 1 is 0.846 bits per heavy atom. The lowest BCUT2D eigenvalue weighted by Gasteiger charge is -2.37. The number of alkyl halides is 9. The molecule has 1 aromatic rings. The lowest BCUT2D eigenvalue weighted by atomic mass is 9.95. The predicted molar refractivity (Wildman–Crippen MR) is 76.9 cm³/mol. The highest BCUT2D eigenvalue weighted by molar-refractivity contribution is 5.85. The second-order valence-electron chi connectivity index (χ2n) is 5.53. The van der Waals surface area contributed by atoms with Gasteiger partial charge >= 0.3 is 18.5 Å². The van der Waals surface area contributed by atoms with E-state index in [1.807, 2.05) is 0 Å². The van der Waals surface area contributed by atoms with Crippen molar-refractivity contribution >= 4 is 12.4 Å². The lowest BCUT2D eigenvalue weighted by Crippen LogP contribution is -2.49. The maximum Gasteiger partial charge on any atom is 0.416 e. The zero-order chi connectivity index (χ0) is 19.0. The number of halogens is 10. The van der Waals surface area contributed by atoms with Gasteiger partial charge in [-0.1, -0.05) is 0 Å². The molecule has 0 saturated carbocycles. The van der Waals surface area contributed by atoms with Crippen LogP contribution in [0, 0.1) is 0 Å². The highest BCUT2D eigenvalue weighted by Gasteiger charge is 2.49. The molecule has 2 nitrogen and oxygen atoms in total. The predicted octanol–water partition coefficient (Wildman–Crippen LogP) is 4.65. The summed E-state index contributed by atoms with van der Waals surface area (Å²) < 4.78 is 118. The van der Waals surface area contributed by atoms with E-state index in [0.29, 0.717) is 4.90 Å². The largest absolute Gasteiger partial charge is 0.416 e. The van der Waals surface area contributed by atoms with Gasteiger partial charge in [0.25, 0.3) is 0 Å². The van der Waals surface area contributed by atoms with Crippen molar-refractivity contribution in [3.05, 3.63) is 34.9 Å². The van der Waals surface area contributed by atoms with Crippen molar-refractivity contribution in [3.63, 3.8) is 0 Å². The molecule has 26 heavy (non-hydrogen) atoms. The smallest absolute Gasteiger partial charge is 0.314 e. The van der Waals surface area contributed by atoms with Crippen LogP contribution in [0.1, 0.15) is 22.7 Å². The maximum atomic E-state index is 13.5. The van der Waals surface area contributed by atoms with Crippen molar-refractivity contribution < 1.29 is 39.5 Å². The van der Waals surface area contributed by atoms with Crippen LogP contribution < -0.4 is 5.32 Å². The van der Waals surface area contributed by atoms with Crippen LogP contribution in [0.5, 0.6) is 0 Å². The third-order valence-corrected chi connectivity index (χ3v) is 3.81. The molecular formula is C14H14ClF9N2. The highest BCUT2D eigenvalue weighted by Crippen LogP contribution is 2.45. The molecule has 0 spiro atoms. The molecule has 0 aromatic heterocycles. The highest BCUT2D eigenvalue weighted by atomic mass is 35.5. The first-order valence-electron chi connectivity index (χ1n) is 7.11. The third-order valence-electron chi connectivity index (χ3n) is 3.81. The molecule has 1 heterocycles. The Hall–Kier alpha value is -1.20. The van der Waals surface area contributed by atoms with E-state index in [-0.39, 0.29) is 56.8 Å². The molecule has 1 atom stereocenters. The van der Waals surface area contributed by atoms with E-state index in [1.54, 1.807) is 0 Å². The molecule has 12 heteroatoms. The van der Waals surface area contributed by atoms with Gasteiger partial charge in [-0.3, -0.25) is 4.90 Å². The van der Waals surface area contributed by atoms with Crippen LogP contribution in [0.25, 0.3) is 0 Å². The summed E-state index contributed by atoms with van der Waals surface area (Å²) in [5.74, 6) is 0. The van der Waals surface area contributed by atoms with Gasteiger partial charge < -0.3 is 5.32 Å². The second kappa shape index (κ2) is 7.81. The summed E-state index contributed by atoms with van der Waals surface area (Å²) in [6.45, 7) is -0.296. The molecule has 0 aliphatic carbocycles. The van der Waals surface area contributed by atoms with Gasteiger partial charge in [-0.05, 0) is 23.8 Å². The number of nitrogens with one attached hydrogen (secondary N) is 1. The number of rotatable bonds is 2. The fourth-order valence-corrected chi connectivity index (χ4v) is 2.74. The van der Waals surface area contributed by atoms with Crippen molar-refractivity contribution in [2.45, 2.75) is 24.6 Å². The van der Waals surface area contributed by atoms with Gasteiger partial charge in [-0.25, -0.2) is 0 Å². The molecule has 0 radical (unpaired) electrons. The summed E-state index contributed by atoms with van der Waals surface area (Å²) in [5, 5.41) is 2.74. The zero-order valence-corrected chi connectivity index (χ0v) is 13.7. The minimum atomic E-state index is -5.21. The Kier molecular flexibility index (Phi) is 6.86. The SMILES string of the molecule is Cl.FC(F)(F)c1ccc(C(F)(F)F)c([C@@H](N2CCNCC2)C(F)(F)F)c1. The van der Waals surface area contributed by atoms with Crippen molar-refractivity contribution in [1.29, 1.82) is 0 Å². The molecule has 0 bridgehead atoms.